The highest BCUT2D eigenvalue weighted by atomic mass is 16.3. The van der Waals surface area contributed by atoms with Crippen LogP contribution in [0, 0.1) is 6.92 Å². The van der Waals surface area contributed by atoms with Crippen LogP contribution in [0.1, 0.15) is 61.6 Å². The quantitative estimate of drug-likeness (QED) is 0.142. The van der Waals surface area contributed by atoms with Crippen molar-refractivity contribution in [3.63, 3.8) is 0 Å². The number of fused-ring (bicyclic) bond motifs is 5. The highest BCUT2D eigenvalue weighted by molar-refractivity contribution is 6.14. The van der Waals surface area contributed by atoms with Gasteiger partial charge in [-0.1, -0.05) is 177 Å². The van der Waals surface area contributed by atoms with Crippen LogP contribution in [-0.2, 0) is 0 Å². The number of para-hydroxylation sites is 1. The molecule has 0 saturated heterocycles. The van der Waals surface area contributed by atoms with E-state index in [2.05, 4.69) is 206 Å². The van der Waals surface area contributed by atoms with Crippen molar-refractivity contribution in [3.8, 4) is 22.3 Å². The molecule has 1 saturated carbocycles. The summed E-state index contributed by atoms with van der Waals surface area (Å²) in [5.74, 6) is 0.571. The van der Waals surface area contributed by atoms with Crippen LogP contribution in [0.4, 0.5) is 17.1 Å². The smallest absolute Gasteiger partial charge is 0.136 e. The molecule has 0 radical (unpaired) electrons. The number of benzene rings is 9. The lowest BCUT2D eigenvalue weighted by atomic mass is 9.81. The Kier molecular flexibility index (Phi) is 10.5. The molecule has 64 heavy (non-hydrogen) atoms. The van der Waals surface area contributed by atoms with E-state index in [9.17, 15) is 0 Å². The fraction of sp³-hybridized carbons (Fsp3) is 0.129. The lowest BCUT2D eigenvalue weighted by molar-refractivity contribution is 0.446. The number of nitrogens with zero attached hydrogens (tertiary/aromatic N) is 1. The molecule has 0 bridgehead atoms. The topological polar surface area (TPSA) is 16.4 Å². The van der Waals surface area contributed by atoms with Gasteiger partial charge in [-0.25, -0.2) is 0 Å². The molecule has 1 aliphatic carbocycles. The van der Waals surface area contributed by atoms with Gasteiger partial charge in [0.25, 0.3) is 0 Å². The molecule has 11 rings (SSSR count). The Morgan fingerprint density at radius 2 is 1.17 bits per heavy atom. The molecule has 0 amide bonds. The number of furan rings is 1. The first-order valence-corrected chi connectivity index (χ1v) is 23.0. The maximum atomic E-state index is 6.43. The minimum Gasteiger partial charge on any atom is -0.456 e. The van der Waals surface area contributed by atoms with E-state index in [1.807, 2.05) is 19.1 Å². The van der Waals surface area contributed by atoms with E-state index in [4.69, 9.17) is 4.42 Å². The van der Waals surface area contributed by atoms with Crippen molar-refractivity contribution in [3.05, 3.63) is 221 Å². The average Bonchev–Trinajstić information content (AvgIpc) is 3.70. The maximum absolute atomic E-state index is 6.43. The molecule has 0 aliphatic heterocycles. The van der Waals surface area contributed by atoms with Gasteiger partial charge in [0.2, 0.25) is 0 Å². The molecule has 2 heteroatoms. The van der Waals surface area contributed by atoms with Gasteiger partial charge in [0.1, 0.15) is 11.0 Å². The summed E-state index contributed by atoms with van der Waals surface area (Å²) in [6.45, 7) is 4.28. The van der Waals surface area contributed by atoms with Crippen molar-refractivity contribution >= 4 is 72.5 Å². The fourth-order valence-corrected chi connectivity index (χ4v) is 10.4. The molecule has 310 valence electrons. The van der Waals surface area contributed by atoms with Gasteiger partial charge in [-0.05, 0) is 147 Å². The van der Waals surface area contributed by atoms with Crippen molar-refractivity contribution < 1.29 is 4.42 Å². The second kappa shape index (κ2) is 17.0. The van der Waals surface area contributed by atoms with Crippen LogP contribution < -0.4 is 15.5 Å². The van der Waals surface area contributed by atoms with Gasteiger partial charge in [-0.15, -0.1) is 0 Å². The van der Waals surface area contributed by atoms with Crippen LogP contribution in [0.25, 0.3) is 77.7 Å². The van der Waals surface area contributed by atoms with Gasteiger partial charge in [-0.3, -0.25) is 0 Å². The summed E-state index contributed by atoms with van der Waals surface area (Å²) in [4.78, 5) is 2.46. The predicted molar refractivity (Wildman–Crippen MR) is 273 cm³/mol. The third-order valence-electron chi connectivity index (χ3n) is 13.5. The Morgan fingerprint density at radius 3 is 1.95 bits per heavy atom. The Balaban J connectivity index is 1.04. The Labute approximate surface area is 375 Å². The molecule has 0 unspecified atom stereocenters. The minimum absolute atomic E-state index is 0.571. The van der Waals surface area contributed by atoms with Gasteiger partial charge < -0.3 is 9.32 Å². The zero-order valence-electron chi connectivity index (χ0n) is 36.6. The monoisotopic (exact) mass is 825 g/mol. The zero-order valence-corrected chi connectivity index (χ0v) is 36.6. The second-order valence-electron chi connectivity index (χ2n) is 17.5. The average molecular weight is 826 g/mol. The third kappa shape index (κ3) is 7.29. The van der Waals surface area contributed by atoms with Crippen LogP contribution in [0.5, 0.6) is 0 Å². The lowest BCUT2D eigenvalue weighted by Gasteiger charge is -2.29. The summed E-state index contributed by atoms with van der Waals surface area (Å²) in [5.41, 5.74) is 13.9. The van der Waals surface area contributed by atoms with Crippen LogP contribution in [0.2, 0.25) is 0 Å². The summed E-state index contributed by atoms with van der Waals surface area (Å²) in [5, 5.41) is 10.1. The van der Waals surface area contributed by atoms with E-state index in [1.54, 1.807) is 0 Å². The van der Waals surface area contributed by atoms with Crippen molar-refractivity contribution in [2.24, 2.45) is 0 Å². The first kappa shape index (κ1) is 39.4. The number of aryl methyl sites for hydroxylation is 1. The van der Waals surface area contributed by atoms with Gasteiger partial charge in [0.05, 0.1) is 5.69 Å². The summed E-state index contributed by atoms with van der Waals surface area (Å²) < 4.78 is 6.43. The Bertz CT molecular complexity index is 3490. The van der Waals surface area contributed by atoms with Crippen molar-refractivity contribution in [1.29, 1.82) is 0 Å². The Hall–Kier alpha value is -7.42. The van der Waals surface area contributed by atoms with Crippen molar-refractivity contribution in [2.45, 2.75) is 51.9 Å². The van der Waals surface area contributed by atoms with E-state index >= 15 is 0 Å². The summed E-state index contributed by atoms with van der Waals surface area (Å²) in [6.07, 6.45) is 14.9. The van der Waals surface area contributed by atoms with Gasteiger partial charge in [0, 0.05) is 27.4 Å². The SMILES string of the molecule is C\C=C/C=c1\c(=C\c2ccc(N(c3ccc(-c4ccc(-c5cccc6ccccc56)cc4C)cc3)c3cccc4c3cc(C3CCCCC3)c3ccccc34)cc2)oc2ccccc12. The van der Waals surface area contributed by atoms with E-state index in [-0.39, 0.29) is 0 Å². The number of anilines is 3. The zero-order chi connectivity index (χ0) is 43.0. The van der Waals surface area contributed by atoms with Crippen LogP contribution in [-0.4, -0.2) is 0 Å². The van der Waals surface area contributed by atoms with Crippen LogP contribution >= 0.6 is 0 Å². The normalized spacial score (nSPS) is 14.2. The number of hydrogen-bond donors (Lipinski definition) is 0. The molecule has 10 aromatic rings. The van der Waals surface area contributed by atoms with E-state index in [1.165, 1.54) is 103 Å². The number of rotatable bonds is 8. The molecule has 0 N–H and O–H groups in total. The molecule has 9 aromatic carbocycles. The molecular formula is C62H51NO. The van der Waals surface area contributed by atoms with Crippen LogP contribution in [0.3, 0.4) is 0 Å². The third-order valence-corrected chi connectivity index (χ3v) is 13.5. The molecule has 1 aromatic heterocycles. The first-order valence-electron chi connectivity index (χ1n) is 23.0. The van der Waals surface area contributed by atoms with Gasteiger partial charge in [0.15, 0.2) is 0 Å². The molecule has 0 atom stereocenters. The largest absolute Gasteiger partial charge is 0.456 e. The van der Waals surface area contributed by atoms with Crippen LogP contribution in [0.15, 0.2) is 199 Å². The fourth-order valence-electron chi connectivity index (χ4n) is 10.4. The first-order chi connectivity index (χ1) is 31.6. The predicted octanol–water partition coefficient (Wildman–Crippen LogP) is 16.2. The summed E-state index contributed by atoms with van der Waals surface area (Å²) >= 11 is 0. The Morgan fingerprint density at radius 1 is 0.531 bits per heavy atom. The highest BCUT2D eigenvalue weighted by Crippen LogP contribution is 2.45. The molecule has 1 fully saturated rings. The molecule has 0 spiro atoms. The standard InChI is InChI=1S/C62H51NO/c1-3-4-20-57-56-24-12-13-28-61(56)64-62(57)40-43-29-34-48(35-30-43)63(60-27-15-26-55-53-22-10-11-23-54(53)58(41-59(55)60)45-16-6-5-7-17-45)49-36-31-46(32-37-49)50-38-33-47(39-42(50)2)52-25-14-19-44-18-8-9-21-51(44)52/h3-4,8-15,18-41,45H,5-7,16-17H2,1-2H3/b4-3-,57-20-,62-40-. The minimum atomic E-state index is 0.571. The number of allylic oxidation sites excluding steroid dienone is 2. The molecule has 1 aliphatic rings. The molecule has 1 heterocycles. The molecule has 2 nitrogen and oxygen atoms in total. The summed E-state index contributed by atoms with van der Waals surface area (Å²) in [7, 11) is 0. The van der Waals surface area contributed by atoms with E-state index in [0.717, 1.165) is 38.5 Å². The van der Waals surface area contributed by atoms with Crippen molar-refractivity contribution in [1.82, 2.24) is 0 Å². The lowest BCUT2D eigenvalue weighted by Crippen LogP contribution is -2.19. The van der Waals surface area contributed by atoms with E-state index < -0.39 is 0 Å². The van der Waals surface area contributed by atoms with Gasteiger partial charge >= 0.3 is 0 Å². The number of hydrogen-bond acceptors (Lipinski definition) is 2. The second-order valence-corrected chi connectivity index (χ2v) is 17.5. The van der Waals surface area contributed by atoms with Gasteiger partial charge in [-0.2, -0.15) is 0 Å². The maximum Gasteiger partial charge on any atom is 0.136 e. The summed E-state index contributed by atoms with van der Waals surface area (Å²) in [6, 6.07) is 67.1. The van der Waals surface area contributed by atoms with E-state index in [0.29, 0.717) is 5.92 Å². The molecular weight excluding hydrogens is 775 g/mol. The van der Waals surface area contributed by atoms with Crippen molar-refractivity contribution in [2.75, 3.05) is 4.90 Å². The highest BCUT2D eigenvalue weighted by Gasteiger charge is 2.22.